The zero-order valence-corrected chi connectivity index (χ0v) is 5.24. The fraction of sp³-hybridized carbons (Fsp3) is 0. The van der Waals surface area contributed by atoms with E-state index in [0.717, 1.165) is 11.1 Å². The molecular weight excluding hydrogens is 128 g/mol. The van der Waals surface area contributed by atoms with Crippen molar-refractivity contribution in [2.45, 2.75) is 0 Å². The molecule has 2 N–H and O–H groups in total. The summed E-state index contributed by atoms with van der Waals surface area (Å²) in [5.74, 6) is 0. The first kappa shape index (κ1) is 5.29. The Morgan fingerprint density at radius 1 is 1.40 bits per heavy atom. The van der Waals surface area contributed by atoms with Crippen LogP contribution in [0.15, 0.2) is 28.7 Å². The summed E-state index contributed by atoms with van der Waals surface area (Å²) in [7, 11) is 0. The summed E-state index contributed by atoms with van der Waals surface area (Å²) in [6, 6.07) is 7.69. The molecule has 2 aromatic rings. The highest BCUT2D eigenvalue weighted by atomic mass is 16.4. The van der Waals surface area contributed by atoms with Crippen molar-refractivity contribution in [2.24, 2.45) is 0 Å². The Morgan fingerprint density at radius 2 is 2.20 bits per heavy atom. The lowest BCUT2D eigenvalue weighted by Gasteiger charge is -1.79. The largest absolute Gasteiger partial charge is 0.424 e. The van der Waals surface area contributed by atoms with Gasteiger partial charge in [-0.3, -0.25) is 0 Å². The predicted octanol–water partition coefficient (Wildman–Crippen LogP) is 1.66. The Balaban J connectivity index is 0.000000605. The van der Waals surface area contributed by atoms with E-state index in [0.29, 0.717) is 0 Å². The molecule has 0 radical (unpaired) electrons. The van der Waals surface area contributed by atoms with Crippen molar-refractivity contribution in [1.29, 1.82) is 0 Å². The van der Waals surface area contributed by atoms with Gasteiger partial charge in [-0.25, -0.2) is 0 Å². The summed E-state index contributed by atoms with van der Waals surface area (Å²) in [4.78, 5) is 3.92. The molecule has 2 rings (SSSR count). The third-order valence-electron chi connectivity index (χ3n) is 1.31. The van der Waals surface area contributed by atoms with Crippen LogP contribution in [0.2, 0.25) is 0 Å². The average molecular weight is 136 g/mol. The van der Waals surface area contributed by atoms with Gasteiger partial charge in [-0.15, -0.1) is 0 Å². The molecule has 0 unspecified atom stereocenters. The van der Waals surface area contributed by atoms with Crippen molar-refractivity contribution >= 4 is 17.1 Å². The molecule has 3 nitrogen and oxygen atoms in total. The Morgan fingerprint density at radius 3 is 3.00 bits per heavy atom. The topological polar surface area (TPSA) is 52.0 Å². The maximum absolute atomic E-state index is 5.31. The van der Waals surface area contributed by atoms with Gasteiger partial charge in [-0.1, -0.05) is 12.1 Å². The van der Waals surface area contributed by atoms with E-state index in [9.17, 15) is 0 Å². The first-order valence-electron chi connectivity index (χ1n) is 2.97. The van der Waals surface area contributed by atoms with E-state index in [4.69, 9.17) is 10.2 Å². The number of hydrogen-bond acceptors (Lipinski definition) is 3. The molecule has 3 heteroatoms. The van der Waals surface area contributed by atoms with Crippen molar-refractivity contribution < 1.29 is 5.84 Å². The molecular formula is C7H8N2O. The molecule has 0 saturated heterocycles. The SMILES string of the molecule is Nc1nc2ccccc2o1.[HH]. The molecule has 1 aromatic heterocycles. The second-order valence-electron chi connectivity index (χ2n) is 2.02. The number of anilines is 1. The van der Waals surface area contributed by atoms with E-state index < -0.39 is 0 Å². The van der Waals surface area contributed by atoms with Crippen molar-refractivity contribution in [1.82, 2.24) is 4.98 Å². The van der Waals surface area contributed by atoms with E-state index >= 15 is 0 Å². The fourth-order valence-corrected chi connectivity index (χ4v) is 0.890. The van der Waals surface area contributed by atoms with Gasteiger partial charge in [0, 0.05) is 1.43 Å². The van der Waals surface area contributed by atoms with Crippen LogP contribution in [0.3, 0.4) is 0 Å². The lowest BCUT2D eigenvalue weighted by Crippen LogP contribution is -1.80. The number of para-hydroxylation sites is 2. The Bertz CT molecular complexity index is 325. The normalized spacial score (nSPS) is 10.4. The van der Waals surface area contributed by atoms with Crippen LogP contribution in [-0.4, -0.2) is 4.98 Å². The van der Waals surface area contributed by atoms with Gasteiger partial charge < -0.3 is 10.2 Å². The molecule has 0 aliphatic carbocycles. The molecule has 0 bridgehead atoms. The van der Waals surface area contributed by atoms with E-state index in [2.05, 4.69) is 4.98 Å². The number of benzene rings is 1. The van der Waals surface area contributed by atoms with Gasteiger partial charge in [0.15, 0.2) is 5.58 Å². The van der Waals surface area contributed by atoms with Gasteiger partial charge >= 0.3 is 0 Å². The monoisotopic (exact) mass is 136 g/mol. The zero-order valence-electron chi connectivity index (χ0n) is 5.24. The molecule has 0 aliphatic rings. The van der Waals surface area contributed by atoms with Gasteiger partial charge in [0.1, 0.15) is 5.52 Å². The Labute approximate surface area is 59.0 Å². The number of rotatable bonds is 0. The smallest absolute Gasteiger partial charge is 0.292 e. The van der Waals surface area contributed by atoms with E-state index in [1.54, 1.807) is 0 Å². The maximum atomic E-state index is 5.31. The minimum atomic E-state index is 0. The summed E-state index contributed by atoms with van der Waals surface area (Å²) < 4.78 is 5.03. The number of oxazole rings is 1. The minimum absolute atomic E-state index is 0. The number of hydrogen-bond donors (Lipinski definition) is 1. The van der Waals surface area contributed by atoms with Gasteiger partial charge in [0.05, 0.1) is 0 Å². The molecule has 0 amide bonds. The number of aromatic nitrogens is 1. The second kappa shape index (κ2) is 1.73. The van der Waals surface area contributed by atoms with Crippen LogP contribution in [0.5, 0.6) is 0 Å². The van der Waals surface area contributed by atoms with Crippen LogP contribution < -0.4 is 5.73 Å². The van der Waals surface area contributed by atoms with Gasteiger partial charge in [-0.05, 0) is 12.1 Å². The highest BCUT2D eigenvalue weighted by Crippen LogP contribution is 2.14. The molecule has 1 aromatic carbocycles. The molecule has 0 spiro atoms. The lowest BCUT2D eigenvalue weighted by molar-refractivity contribution is 0.626. The summed E-state index contributed by atoms with van der Waals surface area (Å²) >= 11 is 0. The molecule has 10 heavy (non-hydrogen) atoms. The number of nitrogens with zero attached hydrogens (tertiary/aromatic N) is 1. The van der Waals surface area contributed by atoms with Crippen LogP contribution in [0.4, 0.5) is 6.01 Å². The highest BCUT2D eigenvalue weighted by Gasteiger charge is 1.97. The summed E-state index contributed by atoms with van der Waals surface area (Å²) in [5.41, 5.74) is 6.85. The third-order valence-corrected chi connectivity index (χ3v) is 1.31. The average Bonchev–Trinajstić information content (AvgIpc) is 2.27. The summed E-state index contributed by atoms with van der Waals surface area (Å²) in [6.07, 6.45) is 0. The molecule has 0 aliphatic heterocycles. The molecule has 52 valence electrons. The quantitative estimate of drug-likeness (QED) is 0.599. The van der Waals surface area contributed by atoms with E-state index in [1.807, 2.05) is 24.3 Å². The van der Waals surface area contributed by atoms with Crippen molar-refractivity contribution in [3.05, 3.63) is 24.3 Å². The molecule has 0 fully saturated rings. The highest BCUT2D eigenvalue weighted by molar-refractivity contribution is 5.73. The molecule has 0 atom stereocenters. The van der Waals surface area contributed by atoms with E-state index in [-0.39, 0.29) is 7.44 Å². The first-order valence-corrected chi connectivity index (χ1v) is 2.97. The van der Waals surface area contributed by atoms with Crippen LogP contribution in [0.25, 0.3) is 11.1 Å². The lowest BCUT2D eigenvalue weighted by atomic mass is 10.3. The van der Waals surface area contributed by atoms with Crippen LogP contribution >= 0.6 is 0 Å². The number of fused-ring (bicyclic) bond motifs is 1. The van der Waals surface area contributed by atoms with Crippen LogP contribution in [-0.2, 0) is 0 Å². The minimum Gasteiger partial charge on any atom is -0.424 e. The van der Waals surface area contributed by atoms with Gasteiger partial charge in [0.2, 0.25) is 0 Å². The molecule has 0 saturated carbocycles. The summed E-state index contributed by atoms with van der Waals surface area (Å²) in [6.45, 7) is 0. The summed E-state index contributed by atoms with van der Waals surface area (Å²) in [5, 5.41) is 0. The van der Waals surface area contributed by atoms with Crippen molar-refractivity contribution in [3.8, 4) is 0 Å². The maximum Gasteiger partial charge on any atom is 0.292 e. The first-order chi connectivity index (χ1) is 4.86. The number of nitrogen functional groups attached to an aromatic ring is 1. The van der Waals surface area contributed by atoms with Gasteiger partial charge in [-0.2, -0.15) is 4.98 Å². The fourth-order valence-electron chi connectivity index (χ4n) is 0.890. The Hall–Kier alpha value is -1.51. The van der Waals surface area contributed by atoms with Crippen molar-refractivity contribution in [2.75, 3.05) is 5.73 Å². The standard InChI is InChI=1S/C7H6N2O.H2/c8-7-9-5-3-1-2-4-6(5)10-7;/h1-4H,(H2,8,9);1H. The van der Waals surface area contributed by atoms with Crippen LogP contribution in [0.1, 0.15) is 1.43 Å². The van der Waals surface area contributed by atoms with Gasteiger partial charge in [0.25, 0.3) is 6.01 Å². The Kier molecular flexibility index (Phi) is 0.917. The zero-order chi connectivity index (χ0) is 6.97. The second-order valence-corrected chi connectivity index (χ2v) is 2.02. The van der Waals surface area contributed by atoms with E-state index in [1.165, 1.54) is 0 Å². The van der Waals surface area contributed by atoms with Crippen LogP contribution in [0, 0.1) is 0 Å². The molecule has 1 heterocycles. The third kappa shape index (κ3) is 0.639. The predicted molar refractivity (Wildman–Crippen MR) is 40.5 cm³/mol. The van der Waals surface area contributed by atoms with Crippen molar-refractivity contribution in [3.63, 3.8) is 0 Å². The number of nitrogens with two attached hydrogens (primary N) is 1.